The predicted octanol–water partition coefficient (Wildman–Crippen LogP) is 0.809. The third-order valence-electron chi connectivity index (χ3n) is 3.25. The molecule has 0 unspecified atom stereocenters. The van der Waals surface area contributed by atoms with Crippen LogP contribution in [0, 0.1) is 11.3 Å². The van der Waals surface area contributed by atoms with Gasteiger partial charge in [0, 0.05) is 38.8 Å². The van der Waals surface area contributed by atoms with Crippen LogP contribution in [-0.4, -0.2) is 37.0 Å². The Bertz CT molecular complexity index is 498. The van der Waals surface area contributed by atoms with Crippen LogP contribution in [0.5, 0.6) is 0 Å². The molecule has 5 heteroatoms. The molecule has 94 valence electrons. The van der Waals surface area contributed by atoms with Crippen LogP contribution in [0.25, 0.3) is 0 Å². The van der Waals surface area contributed by atoms with Gasteiger partial charge in [0.05, 0.1) is 11.3 Å². The Morgan fingerprint density at radius 2 is 2.00 bits per heavy atom. The monoisotopic (exact) mass is 244 g/mol. The van der Waals surface area contributed by atoms with Crippen molar-refractivity contribution in [3.63, 3.8) is 0 Å². The lowest BCUT2D eigenvalue weighted by Gasteiger charge is -2.35. The summed E-state index contributed by atoms with van der Waals surface area (Å²) in [5, 5.41) is 8.83. The fourth-order valence-corrected chi connectivity index (χ4v) is 2.13. The quantitative estimate of drug-likeness (QED) is 0.742. The van der Waals surface area contributed by atoms with Crippen LogP contribution in [-0.2, 0) is 4.79 Å². The van der Waals surface area contributed by atoms with E-state index >= 15 is 0 Å². The Balaban J connectivity index is 2.08. The van der Waals surface area contributed by atoms with Crippen LogP contribution in [0.4, 0.5) is 11.4 Å². The molecule has 0 spiro atoms. The highest BCUT2D eigenvalue weighted by atomic mass is 16.2. The predicted molar refractivity (Wildman–Crippen MR) is 70.0 cm³/mol. The smallest absolute Gasteiger partial charge is 0.219 e. The number of nitrogen functional groups attached to an aromatic ring is 1. The maximum Gasteiger partial charge on any atom is 0.219 e. The van der Waals surface area contributed by atoms with E-state index in [4.69, 9.17) is 11.0 Å². The molecule has 18 heavy (non-hydrogen) atoms. The van der Waals surface area contributed by atoms with E-state index in [1.54, 1.807) is 13.0 Å². The number of nitrogens with zero attached hydrogens (tertiary/aromatic N) is 3. The normalized spacial score (nSPS) is 15.3. The summed E-state index contributed by atoms with van der Waals surface area (Å²) in [5.41, 5.74) is 7.81. The standard InChI is InChI=1S/C13H16N4O/c1-10(18)16-4-6-17(7-5-16)12-3-2-11(9-14)13(15)8-12/h2-3,8H,4-7,15H2,1H3. The van der Waals surface area contributed by atoms with E-state index in [2.05, 4.69) is 11.0 Å². The van der Waals surface area contributed by atoms with Crippen molar-refractivity contribution in [3.8, 4) is 6.07 Å². The van der Waals surface area contributed by atoms with E-state index in [-0.39, 0.29) is 5.91 Å². The Morgan fingerprint density at radius 3 is 2.50 bits per heavy atom. The lowest BCUT2D eigenvalue weighted by atomic mass is 10.1. The highest BCUT2D eigenvalue weighted by Gasteiger charge is 2.19. The van der Waals surface area contributed by atoms with Gasteiger partial charge in [0.1, 0.15) is 6.07 Å². The molecule has 2 rings (SSSR count). The molecule has 0 aliphatic carbocycles. The molecule has 1 aromatic carbocycles. The van der Waals surface area contributed by atoms with Crippen molar-refractivity contribution in [2.45, 2.75) is 6.92 Å². The fourth-order valence-electron chi connectivity index (χ4n) is 2.13. The lowest BCUT2D eigenvalue weighted by Crippen LogP contribution is -2.48. The summed E-state index contributed by atoms with van der Waals surface area (Å²) in [5.74, 6) is 0.119. The lowest BCUT2D eigenvalue weighted by molar-refractivity contribution is -0.129. The number of hydrogen-bond acceptors (Lipinski definition) is 4. The van der Waals surface area contributed by atoms with Gasteiger partial charge >= 0.3 is 0 Å². The average Bonchev–Trinajstić information content (AvgIpc) is 2.38. The molecule has 0 radical (unpaired) electrons. The van der Waals surface area contributed by atoms with E-state index < -0.39 is 0 Å². The largest absolute Gasteiger partial charge is 0.398 e. The molecule has 1 heterocycles. The summed E-state index contributed by atoms with van der Waals surface area (Å²) in [7, 11) is 0. The molecule has 1 saturated heterocycles. The van der Waals surface area contributed by atoms with Gasteiger partial charge < -0.3 is 15.5 Å². The molecule has 0 aromatic heterocycles. The zero-order valence-electron chi connectivity index (χ0n) is 10.4. The molecule has 1 fully saturated rings. The van der Waals surface area contributed by atoms with Crippen molar-refractivity contribution in [1.82, 2.24) is 4.90 Å². The molecule has 0 atom stereocenters. The number of amides is 1. The van der Waals surface area contributed by atoms with Gasteiger partial charge in [0.25, 0.3) is 0 Å². The molecule has 0 bridgehead atoms. The molecule has 2 N–H and O–H groups in total. The summed E-state index contributed by atoms with van der Waals surface area (Å²) in [6, 6.07) is 7.51. The minimum Gasteiger partial charge on any atom is -0.398 e. The Hall–Kier alpha value is -2.22. The number of nitriles is 1. The topological polar surface area (TPSA) is 73.4 Å². The van der Waals surface area contributed by atoms with Crippen molar-refractivity contribution in [2.24, 2.45) is 0 Å². The molecule has 0 saturated carbocycles. The van der Waals surface area contributed by atoms with Crippen LogP contribution >= 0.6 is 0 Å². The van der Waals surface area contributed by atoms with Crippen LogP contribution in [0.3, 0.4) is 0 Å². The summed E-state index contributed by atoms with van der Waals surface area (Å²) >= 11 is 0. The molecule has 1 amide bonds. The summed E-state index contributed by atoms with van der Waals surface area (Å²) in [4.78, 5) is 15.2. The van der Waals surface area contributed by atoms with Gasteiger partial charge in [-0.2, -0.15) is 5.26 Å². The zero-order chi connectivity index (χ0) is 13.1. The minimum atomic E-state index is 0.119. The maximum absolute atomic E-state index is 11.2. The zero-order valence-corrected chi connectivity index (χ0v) is 10.4. The first-order valence-electron chi connectivity index (χ1n) is 5.92. The number of benzene rings is 1. The number of rotatable bonds is 1. The number of carbonyl (C=O) groups is 1. The number of nitrogens with two attached hydrogens (primary N) is 1. The average molecular weight is 244 g/mol. The molecular formula is C13H16N4O. The summed E-state index contributed by atoms with van der Waals surface area (Å²) in [6.45, 7) is 4.65. The number of carbonyl (C=O) groups excluding carboxylic acids is 1. The summed E-state index contributed by atoms with van der Waals surface area (Å²) < 4.78 is 0. The second kappa shape index (κ2) is 4.96. The van der Waals surface area contributed by atoms with E-state index in [1.807, 2.05) is 17.0 Å². The van der Waals surface area contributed by atoms with Gasteiger partial charge in [-0.1, -0.05) is 0 Å². The van der Waals surface area contributed by atoms with Gasteiger partial charge in [-0.15, -0.1) is 0 Å². The Labute approximate surface area is 106 Å². The minimum absolute atomic E-state index is 0.119. The maximum atomic E-state index is 11.2. The SMILES string of the molecule is CC(=O)N1CCN(c2ccc(C#N)c(N)c2)CC1. The number of hydrogen-bond donors (Lipinski definition) is 1. The van der Waals surface area contributed by atoms with Crippen molar-refractivity contribution in [3.05, 3.63) is 23.8 Å². The second-order valence-electron chi connectivity index (χ2n) is 4.38. The highest BCUT2D eigenvalue weighted by molar-refractivity contribution is 5.73. The van der Waals surface area contributed by atoms with Crippen LogP contribution < -0.4 is 10.6 Å². The fraction of sp³-hybridized carbons (Fsp3) is 0.385. The van der Waals surface area contributed by atoms with Crippen molar-refractivity contribution in [1.29, 1.82) is 5.26 Å². The molecule has 1 aliphatic rings. The van der Waals surface area contributed by atoms with Crippen molar-refractivity contribution >= 4 is 17.3 Å². The van der Waals surface area contributed by atoms with Gasteiger partial charge in [0.2, 0.25) is 5.91 Å². The second-order valence-corrected chi connectivity index (χ2v) is 4.38. The van der Waals surface area contributed by atoms with Crippen LogP contribution in [0.2, 0.25) is 0 Å². The first-order chi connectivity index (χ1) is 8.61. The van der Waals surface area contributed by atoms with Crippen LogP contribution in [0.1, 0.15) is 12.5 Å². The Kier molecular flexibility index (Phi) is 3.38. The number of anilines is 2. The first-order valence-corrected chi connectivity index (χ1v) is 5.92. The molecule has 1 aromatic rings. The summed E-state index contributed by atoms with van der Waals surface area (Å²) in [6.07, 6.45) is 0. The number of piperazine rings is 1. The van der Waals surface area contributed by atoms with Crippen molar-refractivity contribution in [2.75, 3.05) is 36.8 Å². The van der Waals surface area contributed by atoms with Gasteiger partial charge in [-0.25, -0.2) is 0 Å². The first kappa shape index (κ1) is 12.2. The molecular weight excluding hydrogens is 228 g/mol. The van der Waals surface area contributed by atoms with E-state index in [0.29, 0.717) is 11.3 Å². The highest BCUT2D eigenvalue weighted by Crippen LogP contribution is 2.22. The third kappa shape index (κ3) is 2.38. The molecule has 5 nitrogen and oxygen atoms in total. The van der Waals surface area contributed by atoms with Crippen LogP contribution in [0.15, 0.2) is 18.2 Å². The van der Waals surface area contributed by atoms with Gasteiger partial charge in [0.15, 0.2) is 0 Å². The Morgan fingerprint density at radius 1 is 1.33 bits per heavy atom. The van der Waals surface area contributed by atoms with Gasteiger partial charge in [-0.3, -0.25) is 4.79 Å². The van der Waals surface area contributed by atoms with E-state index in [1.165, 1.54) is 0 Å². The van der Waals surface area contributed by atoms with Gasteiger partial charge in [-0.05, 0) is 18.2 Å². The van der Waals surface area contributed by atoms with E-state index in [0.717, 1.165) is 31.9 Å². The van der Waals surface area contributed by atoms with E-state index in [9.17, 15) is 4.79 Å². The third-order valence-corrected chi connectivity index (χ3v) is 3.25. The van der Waals surface area contributed by atoms with Crippen molar-refractivity contribution < 1.29 is 4.79 Å². The molecule has 1 aliphatic heterocycles.